The van der Waals surface area contributed by atoms with E-state index in [2.05, 4.69) is 26.5 Å². The molecule has 5 N–H and O–H groups in total. The minimum atomic E-state index is -0.637. The van der Waals surface area contributed by atoms with Gasteiger partial charge in [-0.3, -0.25) is 25.2 Å². The van der Waals surface area contributed by atoms with E-state index in [9.17, 15) is 14.4 Å². The third kappa shape index (κ3) is 6.01. The average molecular weight is 441 g/mol. The van der Waals surface area contributed by atoms with Crippen molar-refractivity contribution < 1.29 is 24.2 Å². The number of hydrogen-bond acceptors (Lipinski definition) is 8. The van der Waals surface area contributed by atoms with Crippen LogP contribution in [0.2, 0.25) is 0 Å². The van der Waals surface area contributed by atoms with Crippen LogP contribution in [0, 0.1) is 0 Å². The van der Waals surface area contributed by atoms with Crippen molar-refractivity contribution in [3.8, 4) is 5.75 Å². The van der Waals surface area contributed by atoms with E-state index >= 15 is 0 Å². The van der Waals surface area contributed by atoms with E-state index < -0.39 is 24.3 Å². The largest absolute Gasteiger partial charge is 0.497 e. The van der Waals surface area contributed by atoms with Gasteiger partial charge in [0.2, 0.25) is 5.91 Å². The van der Waals surface area contributed by atoms with Crippen LogP contribution >= 0.6 is 11.3 Å². The van der Waals surface area contributed by atoms with Crippen LogP contribution in [-0.4, -0.2) is 41.5 Å². The van der Waals surface area contributed by atoms with Crippen molar-refractivity contribution in [2.45, 2.75) is 0 Å². The first kappa shape index (κ1) is 21.7. The first-order valence-electron chi connectivity index (χ1n) is 8.96. The van der Waals surface area contributed by atoms with Crippen LogP contribution in [0.15, 0.2) is 53.9 Å². The number of carbonyl (C=O) groups is 3. The van der Waals surface area contributed by atoms with E-state index in [1.54, 1.807) is 24.6 Å². The molecule has 0 radical (unpaired) electrons. The zero-order valence-electron chi connectivity index (χ0n) is 16.3. The molecule has 0 atom stereocenters. The molecule has 2 aromatic carbocycles. The zero-order valence-corrected chi connectivity index (χ0v) is 17.2. The highest BCUT2D eigenvalue weighted by molar-refractivity contribution is 7.14. The SMILES string of the molecule is COc1ccc(Nc2nc(C(=O)NNC(=O)c3ccc(NC(=O)CO)cc3)cs2)cc1. The number of amides is 3. The number of hydrazine groups is 1. The number of anilines is 3. The molecule has 11 heteroatoms. The molecule has 0 spiro atoms. The highest BCUT2D eigenvalue weighted by atomic mass is 32.1. The number of benzene rings is 2. The summed E-state index contributed by atoms with van der Waals surface area (Å²) in [5.41, 5.74) is 6.23. The summed E-state index contributed by atoms with van der Waals surface area (Å²) in [5.74, 6) is -0.946. The molecule has 1 aromatic heterocycles. The average Bonchev–Trinajstić information content (AvgIpc) is 3.26. The van der Waals surface area contributed by atoms with Crippen molar-refractivity contribution in [2.24, 2.45) is 0 Å². The van der Waals surface area contributed by atoms with Crippen molar-refractivity contribution in [1.82, 2.24) is 15.8 Å². The van der Waals surface area contributed by atoms with Crippen LogP contribution in [-0.2, 0) is 4.79 Å². The molecule has 0 bridgehead atoms. The van der Waals surface area contributed by atoms with Crippen molar-refractivity contribution in [3.05, 3.63) is 65.2 Å². The molecule has 0 aliphatic heterocycles. The fourth-order valence-electron chi connectivity index (χ4n) is 2.39. The molecule has 31 heavy (non-hydrogen) atoms. The summed E-state index contributed by atoms with van der Waals surface area (Å²) in [4.78, 5) is 39.8. The number of thiazole rings is 1. The fourth-order valence-corrected chi connectivity index (χ4v) is 3.10. The summed E-state index contributed by atoms with van der Waals surface area (Å²) in [6, 6.07) is 13.2. The molecule has 3 rings (SSSR count). The molecule has 1 heterocycles. The molecule has 0 aliphatic carbocycles. The summed E-state index contributed by atoms with van der Waals surface area (Å²) in [6.45, 7) is -0.637. The lowest BCUT2D eigenvalue weighted by Crippen LogP contribution is -2.41. The number of hydrogen-bond donors (Lipinski definition) is 5. The molecule has 0 unspecified atom stereocenters. The van der Waals surface area contributed by atoms with E-state index in [0.717, 1.165) is 11.4 Å². The standard InChI is InChI=1S/C20H19N5O5S/c1-30-15-8-6-14(7-9-15)22-20-23-16(11-31-20)19(29)25-24-18(28)12-2-4-13(5-3-12)21-17(27)10-26/h2-9,11,26H,10H2,1H3,(H,21,27)(H,22,23)(H,24,28)(H,25,29). The van der Waals surface area contributed by atoms with Gasteiger partial charge in [0.1, 0.15) is 18.1 Å². The Kier molecular flexibility index (Phi) is 7.14. The van der Waals surface area contributed by atoms with E-state index in [-0.39, 0.29) is 11.3 Å². The summed E-state index contributed by atoms with van der Waals surface area (Å²) in [7, 11) is 1.58. The second kappa shape index (κ2) is 10.2. The van der Waals surface area contributed by atoms with E-state index in [1.807, 2.05) is 12.1 Å². The Morgan fingerprint density at radius 3 is 2.26 bits per heavy atom. The molecule has 0 fully saturated rings. The Bertz CT molecular complexity index is 1070. The molecular weight excluding hydrogens is 422 g/mol. The lowest BCUT2D eigenvalue weighted by molar-refractivity contribution is -0.118. The predicted molar refractivity (Wildman–Crippen MR) is 115 cm³/mol. The van der Waals surface area contributed by atoms with Gasteiger partial charge in [0.05, 0.1) is 7.11 Å². The number of carbonyl (C=O) groups excluding carboxylic acids is 3. The van der Waals surface area contributed by atoms with Gasteiger partial charge in [-0.2, -0.15) is 0 Å². The van der Waals surface area contributed by atoms with Crippen LogP contribution in [0.4, 0.5) is 16.5 Å². The number of aliphatic hydroxyl groups excluding tert-OH is 1. The summed E-state index contributed by atoms with van der Waals surface area (Å²) >= 11 is 1.24. The monoisotopic (exact) mass is 441 g/mol. The third-order valence-corrected chi connectivity index (χ3v) is 4.70. The normalized spacial score (nSPS) is 10.1. The van der Waals surface area contributed by atoms with E-state index in [4.69, 9.17) is 9.84 Å². The maximum Gasteiger partial charge on any atom is 0.289 e. The van der Waals surface area contributed by atoms with Gasteiger partial charge in [0.25, 0.3) is 11.8 Å². The Balaban J connectivity index is 1.52. The first-order chi connectivity index (χ1) is 15.0. The Morgan fingerprint density at radius 1 is 0.968 bits per heavy atom. The fraction of sp³-hybridized carbons (Fsp3) is 0.100. The lowest BCUT2D eigenvalue weighted by Gasteiger charge is -2.07. The number of ether oxygens (including phenoxy) is 1. The second-order valence-electron chi connectivity index (χ2n) is 6.08. The predicted octanol–water partition coefficient (Wildman–Crippen LogP) is 1.90. The molecule has 0 aliphatic rings. The van der Waals surface area contributed by atoms with E-state index in [1.165, 1.54) is 35.6 Å². The molecule has 0 saturated carbocycles. The van der Waals surface area contributed by atoms with Crippen LogP contribution in [0.5, 0.6) is 5.75 Å². The van der Waals surface area contributed by atoms with Gasteiger partial charge >= 0.3 is 0 Å². The van der Waals surface area contributed by atoms with Crippen LogP contribution in [0.3, 0.4) is 0 Å². The van der Waals surface area contributed by atoms with Crippen molar-refractivity contribution in [1.29, 1.82) is 0 Å². The van der Waals surface area contributed by atoms with Crippen molar-refractivity contribution in [2.75, 3.05) is 24.4 Å². The Labute approximate surface area is 181 Å². The topological polar surface area (TPSA) is 142 Å². The summed E-state index contributed by atoms with van der Waals surface area (Å²) < 4.78 is 5.10. The highest BCUT2D eigenvalue weighted by Gasteiger charge is 2.13. The van der Waals surface area contributed by atoms with Gasteiger partial charge in [-0.05, 0) is 48.5 Å². The van der Waals surface area contributed by atoms with Gasteiger partial charge in [-0.1, -0.05) is 0 Å². The Morgan fingerprint density at radius 2 is 1.61 bits per heavy atom. The molecular formula is C20H19N5O5S. The number of methoxy groups -OCH3 is 1. The van der Waals surface area contributed by atoms with Gasteiger partial charge in [0.15, 0.2) is 5.13 Å². The number of nitrogens with one attached hydrogen (secondary N) is 4. The van der Waals surface area contributed by atoms with Gasteiger partial charge in [-0.15, -0.1) is 11.3 Å². The third-order valence-electron chi connectivity index (χ3n) is 3.94. The van der Waals surface area contributed by atoms with Crippen molar-refractivity contribution >= 4 is 45.6 Å². The molecule has 160 valence electrons. The van der Waals surface area contributed by atoms with Gasteiger partial charge < -0.3 is 20.5 Å². The number of aromatic nitrogens is 1. The zero-order chi connectivity index (χ0) is 22.2. The maximum absolute atomic E-state index is 12.2. The minimum Gasteiger partial charge on any atom is -0.497 e. The summed E-state index contributed by atoms with van der Waals surface area (Å²) in [5, 5.41) is 16.3. The smallest absolute Gasteiger partial charge is 0.289 e. The first-order valence-corrected chi connectivity index (χ1v) is 9.84. The molecule has 10 nitrogen and oxygen atoms in total. The second-order valence-corrected chi connectivity index (χ2v) is 6.94. The lowest BCUT2D eigenvalue weighted by atomic mass is 10.2. The number of nitrogens with zero attached hydrogens (tertiary/aromatic N) is 1. The molecule has 3 aromatic rings. The van der Waals surface area contributed by atoms with Crippen molar-refractivity contribution in [3.63, 3.8) is 0 Å². The van der Waals surface area contributed by atoms with Crippen LogP contribution in [0.25, 0.3) is 0 Å². The van der Waals surface area contributed by atoms with Gasteiger partial charge in [0, 0.05) is 22.3 Å². The number of aliphatic hydroxyl groups is 1. The maximum atomic E-state index is 12.2. The van der Waals surface area contributed by atoms with E-state index in [0.29, 0.717) is 10.8 Å². The van der Waals surface area contributed by atoms with Crippen LogP contribution < -0.4 is 26.2 Å². The minimum absolute atomic E-state index is 0.142. The van der Waals surface area contributed by atoms with Crippen LogP contribution in [0.1, 0.15) is 20.8 Å². The molecule has 0 saturated heterocycles. The highest BCUT2D eigenvalue weighted by Crippen LogP contribution is 2.22. The quantitative estimate of drug-likeness (QED) is 0.353. The van der Waals surface area contributed by atoms with Gasteiger partial charge in [-0.25, -0.2) is 4.98 Å². The molecule has 3 amide bonds. The summed E-state index contributed by atoms with van der Waals surface area (Å²) in [6.07, 6.45) is 0. The number of rotatable bonds is 7. The Hall–Kier alpha value is -3.96.